The van der Waals surface area contributed by atoms with E-state index in [4.69, 9.17) is 0 Å². The lowest BCUT2D eigenvalue weighted by atomic mass is 9.98. The van der Waals surface area contributed by atoms with Crippen molar-refractivity contribution < 1.29 is 0 Å². The summed E-state index contributed by atoms with van der Waals surface area (Å²) >= 11 is 1.96. The van der Waals surface area contributed by atoms with Crippen LogP contribution in [0, 0.1) is 0 Å². The van der Waals surface area contributed by atoms with Crippen LogP contribution >= 0.6 is 11.3 Å². The number of fused-ring (bicyclic) bond motifs is 7. The summed E-state index contributed by atoms with van der Waals surface area (Å²) in [5.41, 5.74) is 1.46. The normalized spacial score (nSPS) is 11.9. The molecule has 0 N–H and O–H groups in total. The average Bonchev–Trinajstić information content (AvgIpc) is 3.01. The second-order valence-corrected chi connectivity index (χ2v) is 7.10. The summed E-state index contributed by atoms with van der Waals surface area (Å²) in [5.74, 6) is 0. The Balaban J connectivity index is 2.11. The first kappa shape index (κ1) is 13.1. The monoisotopic (exact) mass is 312 g/mol. The number of hydrogen-bond donors (Lipinski definition) is 0. The molecule has 23 heavy (non-hydrogen) atoms. The van der Waals surface area contributed by atoms with E-state index in [1.165, 1.54) is 47.3 Å². The van der Waals surface area contributed by atoms with Gasteiger partial charge in [0.25, 0.3) is 0 Å². The zero-order valence-electron chi connectivity index (χ0n) is 13.0. The smallest absolute Gasteiger partial charge is 0.0434 e. The van der Waals surface area contributed by atoms with Crippen LogP contribution in [0.5, 0.6) is 0 Å². The fraction of sp³-hybridized carbons (Fsp3) is 0.0909. The van der Waals surface area contributed by atoms with Crippen molar-refractivity contribution in [1.82, 2.24) is 0 Å². The number of rotatable bonds is 1. The quantitative estimate of drug-likeness (QED) is 0.315. The second kappa shape index (κ2) is 4.81. The van der Waals surface area contributed by atoms with Gasteiger partial charge < -0.3 is 0 Å². The molecule has 5 aromatic rings. The molecule has 0 aliphatic carbocycles. The first-order valence-corrected chi connectivity index (χ1v) is 8.93. The molecular formula is C22H16S. The molecule has 1 heterocycles. The van der Waals surface area contributed by atoms with Crippen LogP contribution in [0.25, 0.3) is 41.7 Å². The summed E-state index contributed by atoms with van der Waals surface area (Å²) in [5, 5.41) is 8.26. The van der Waals surface area contributed by atoms with E-state index in [9.17, 15) is 0 Å². The fourth-order valence-electron chi connectivity index (χ4n) is 3.69. The number of aryl methyl sites for hydroxylation is 1. The molecule has 0 amide bonds. The molecule has 0 spiro atoms. The fourth-order valence-corrected chi connectivity index (χ4v) is 5.12. The Labute approximate surface area is 139 Å². The number of thiophene rings is 1. The third kappa shape index (κ3) is 1.77. The highest BCUT2D eigenvalue weighted by atomic mass is 32.1. The first-order valence-electron chi connectivity index (χ1n) is 8.11. The Bertz CT molecular complexity index is 1190. The highest BCUT2D eigenvalue weighted by Gasteiger charge is 2.13. The van der Waals surface area contributed by atoms with Crippen molar-refractivity contribution in [2.45, 2.75) is 13.3 Å². The third-order valence-electron chi connectivity index (χ3n) is 4.81. The van der Waals surface area contributed by atoms with Gasteiger partial charge in [0.05, 0.1) is 0 Å². The van der Waals surface area contributed by atoms with Crippen LogP contribution in [-0.2, 0) is 6.42 Å². The maximum Gasteiger partial charge on any atom is 0.0434 e. The predicted molar refractivity (Wildman–Crippen MR) is 104 cm³/mol. The van der Waals surface area contributed by atoms with Crippen LogP contribution in [0.1, 0.15) is 12.5 Å². The van der Waals surface area contributed by atoms with Gasteiger partial charge in [-0.15, -0.1) is 11.3 Å². The molecule has 110 valence electrons. The Hall–Kier alpha value is -2.38. The Kier molecular flexibility index (Phi) is 2.74. The van der Waals surface area contributed by atoms with Crippen molar-refractivity contribution in [2.24, 2.45) is 0 Å². The lowest BCUT2D eigenvalue weighted by Gasteiger charge is -2.05. The van der Waals surface area contributed by atoms with Gasteiger partial charge in [0.1, 0.15) is 0 Å². The van der Waals surface area contributed by atoms with E-state index >= 15 is 0 Å². The van der Waals surface area contributed by atoms with E-state index in [0.717, 1.165) is 6.42 Å². The standard InChI is InChI=1S/C22H16S/c1-2-14-13-16-8-4-5-9-17(16)20-19-12-11-15-7-3-6-10-18(15)22(19)23-21(14)20/h3-13H,2H2,1H3. The summed E-state index contributed by atoms with van der Waals surface area (Å²) in [6.07, 6.45) is 1.08. The molecule has 0 atom stereocenters. The SMILES string of the molecule is CCc1cc2ccccc2c2c1sc1c3ccccc3ccc12. The van der Waals surface area contributed by atoms with Crippen molar-refractivity contribution in [2.75, 3.05) is 0 Å². The predicted octanol–water partition coefficient (Wildman–Crippen LogP) is 6.92. The summed E-state index contributed by atoms with van der Waals surface area (Å²) in [6.45, 7) is 2.26. The van der Waals surface area contributed by atoms with E-state index in [0.29, 0.717) is 0 Å². The van der Waals surface area contributed by atoms with Crippen LogP contribution in [0.15, 0.2) is 66.7 Å². The van der Waals surface area contributed by atoms with Gasteiger partial charge in [0.2, 0.25) is 0 Å². The van der Waals surface area contributed by atoms with Gasteiger partial charge in [-0.05, 0) is 39.6 Å². The van der Waals surface area contributed by atoms with Crippen LogP contribution in [0.3, 0.4) is 0 Å². The van der Waals surface area contributed by atoms with Crippen molar-refractivity contribution in [3.05, 3.63) is 72.3 Å². The maximum absolute atomic E-state index is 2.37. The van der Waals surface area contributed by atoms with E-state index in [1.807, 2.05) is 11.3 Å². The zero-order chi connectivity index (χ0) is 15.4. The minimum atomic E-state index is 1.08. The van der Waals surface area contributed by atoms with Crippen molar-refractivity contribution in [1.29, 1.82) is 0 Å². The molecule has 1 aromatic heterocycles. The summed E-state index contributed by atoms with van der Waals surface area (Å²) in [4.78, 5) is 0. The highest BCUT2D eigenvalue weighted by Crippen LogP contribution is 2.43. The van der Waals surface area contributed by atoms with Gasteiger partial charge in [-0.1, -0.05) is 67.6 Å². The lowest BCUT2D eigenvalue weighted by molar-refractivity contribution is 1.17. The molecule has 0 fully saturated rings. The Morgan fingerprint density at radius 2 is 1.43 bits per heavy atom. The number of benzene rings is 4. The van der Waals surface area contributed by atoms with Crippen LogP contribution < -0.4 is 0 Å². The molecule has 0 nitrogen and oxygen atoms in total. The van der Waals surface area contributed by atoms with Crippen molar-refractivity contribution in [3.8, 4) is 0 Å². The van der Waals surface area contributed by atoms with Gasteiger partial charge in [-0.3, -0.25) is 0 Å². The molecule has 0 bridgehead atoms. The van der Waals surface area contributed by atoms with Crippen LogP contribution in [0.4, 0.5) is 0 Å². The molecule has 0 saturated carbocycles. The summed E-state index contributed by atoms with van der Waals surface area (Å²) in [7, 11) is 0. The third-order valence-corrected chi connectivity index (χ3v) is 6.13. The molecule has 0 radical (unpaired) electrons. The molecule has 4 aromatic carbocycles. The largest absolute Gasteiger partial charge is 0.134 e. The van der Waals surface area contributed by atoms with Crippen molar-refractivity contribution >= 4 is 53.1 Å². The topological polar surface area (TPSA) is 0 Å². The van der Waals surface area contributed by atoms with E-state index in [2.05, 4.69) is 73.7 Å². The van der Waals surface area contributed by atoms with Gasteiger partial charge in [0.15, 0.2) is 0 Å². The van der Waals surface area contributed by atoms with E-state index < -0.39 is 0 Å². The van der Waals surface area contributed by atoms with E-state index in [1.54, 1.807) is 0 Å². The highest BCUT2D eigenvalue weighted by molar-refractivity contribution is 7.27. The first-order chi connectivity index (χ1) is 11.4. The lowest BCUT2D eigenvalue weighted by Crippen LogP contribution is -1.82. The Morgan fingerprint density at radius 3 is 2.26 bits per heavy atom. The number of hydrogen-bond acceptors (Lipinski definition) is 1. The zero-order valence-corrected chi connectivity index (χ0v) is 13.8. The Morgan fingerprint density at radius 1 is 0.696 bits per heavy atom. The molecular weight excluding hydrogens is 296 g/mol. The minimum Gasteiger partial charge on any atom is -0.134 e. The average molecular weight is 312 g/mol. The van der Waals surface area contributed by atoms with Crippen LogP contribution in [0.2, 0.25) is 0 Å². The molecule has 0 aliphatic heterocycles. The summed E-state index contributed by atoms with van der Waals surface area (Å²) < 4.78 is 2.88. The molecule has 1 heteroatoms. The second-order valence-electron chi connectivity index (χ2n) is 6.08. The van der Waals surface area contributed by atoms with Crippen molar-refractivity contribution in [3.63, 3.8) is 0 Å². The summed E-state index contributed by atoms with van der Waals surface area (Å²) in [6, 6.07) is 24.4. The molecule has 0 aliphatic rings. The maximum atomic E-state index is 2.37. The van der Waals surface area contributed by atoms with Gasteiger partial charge in [0, 0.05) is 20.2 Å². The molecule has 0 saturated heterocycles. The molecule has 0 unspecified atom stereocenters. The van der Waals surface area contributed by atoms with Gasteiger partial charge in [-0.25, -0.2) is 0 Å². The van der Waals surface area contributed by atoms with Gasteiger partial charge in [-0.2, -0.15) is 0 Å². The molecule has 5 rings (SSSR count). The van der Waals surface area contributed by atoms with Gasteiger partial charge >= 0.3 is 0 Å². The minimum absolute atomic E-state index is 1.08. The van der Waals surface area contributed by atoms with E-state index in [-0.39, 0.29) is 0 Å². The van der Waals surface area contributed by atoms with Crippen LogP contribution in [-0.4, -0.2) is 0 Å².